The van der Waals surface area contributed by atoms with Crippen LogP contribution < -0.4 is 5.32 Å². The third-order valence-corrected chi connectivity index (χ3v) is 4.37. The predicted octanol–water partition coefficient (Wildman–Crippen LogP) is 3.58. The molecule has 0 saturated heterocycles. The van der Waals surface area contributed by atoms with E-state index in [0.29, 0.717) is 0 Å². The van der Waals surface area contributed by atoms with E-state index in [1.807, 2.05) is 0 Å². The van der Waals surface area contributed by atoms with Crippen molar-refractivity contribution in [3.63, 3.8) is 0 Å². The number of nitrogens with one attached hydrogen (secondary N) is 1. The highest BCUT2D eigenvalue weighted by Crippen LogP contribution is 2.44. The zero-order chi connectivity index (χ0) is 11.8. The van der Waals surface area contributed by atoms with Gasteiger partial charge in [-0.1, -0.05) is 18.2 Å². The molecule has 1 N–H and O–H groups in total. The lowest BCUT2D eigenvalue weighted by Gasteiger charge is -2.18. The van der Waals surface area contributed by atoms with Crippen LogP contribution in [-0.4, -0.2) is 6.04 Å². The van der Waals surface area contributed by atoms with Crippen LogP contribution in [0, 0.1) is 25.7 Å². The summed E-state index contributed by atoms with van der Waals surface area (Å²) in [5.74, 6) is 1.99. The van der Waals surface area contributed by atoms with Gasteiger partial charge in [-0.25, -0.2) is 0 Å². The Morgan fingerprint density at radius 1 is 1.06 bits per heavy atom. The summed E-state index contributed by atoms with van der Waals surface area (Å²) in [5.41, 5.74) is 4.26. The Balaban J connectivity index is 1.60. The Hall–Kier alpha value is -0.820. The second kappa shape index (κ2) is 4.45. The molecule has 2 aliphatic rings. The molecule has 0 atom stereocenters. The lowest BCUT2D eigenvalue weighted by molar-refractivity contribution is 0.416. The Labute approximate surface area is 105 Å². The first-order valence-corrected chi connectivity index (χ1v) is 7.03. The molecule has 0 amide bonds. The molecular formula is C16H23N. The Morgan fingerprint density at radius 2 is 1.71 bits per heavy atom. The first-order chi connectivity index (χ1) is 8.24. The fourth-order valence-corrected chi connectivity index (χ4v) is 2.78. The van der Waals surface area contributed by atoms with Crippen LogP contribution in [0.2, 0.25) is 0 Å². The summed E-state index contributed by atoms with van der Waals surface area (Å²) in [6.45, 7) is 5.45. The molecule has 1 heteroatoms. The molecule has 0 aliphatic heterocycles. The third-order valence-electron chi connectivity index (χ3n) is 4.37. The second-order valence-electron chi connectivity index (χ2n) is 6.00. The molecule has 1 aromatic rings. The highest BCUT2D eigenvalue weighted by Gasteiger charge is 2.40. The van der Waals surface area contributed by atoms with Crippen LogP contribution in [-0.2, 0) is 6.54 Å². The average Bonchev–Trinajstić information content (AvgIpc) is 3.14. The van der Waals surface area contributed by atoms with E-state index < -0.39 is 0 Å². The summed E-state index contributed by atoms with van der Waals surface area (Å²) in [4.78, 5) is 0. The van der Waals surface area contributed by atoms with Crippen LogP contribution >= 0.6 is 0 Å². The molecule has 92 valence electrons. The van der Waals surface area contributed by atoms with Gasteiger partial charge in [0.2, 0.25) is 0 Å². The first-order valence-electron chi connectivity index (χ1n) is 7.03. The maximum absolute atomic E-state index is 3.81. The van der Waals surface area contributed by atoms with Crippen molar-refractivity contribution >= 4 is 0 Å². The van der Waals surface area contributed by atoms with Gasteiger partial charge in [-0.05, 0) is 68.1 Å². The summed E-state index contributed by atoms with van der Waals surface area (Å²) in [6.07, 6.45) is 5.84. The predicted molar refractivity (Wildman–Crippen MR) is 72.0 cm³/mol. The SMILES string of the molecule is Cc1ccc(CNC(C2CC2)C2CC2)cc1C. The fourth-order valence-electron chi connectivity index (χ4n) is 2.78. The monoisotopic (exact) mass is 229 g/mol. The lowest BCUT2D eigenvalue weighted by atomic mass is 10.0. The number of aryl methyl sites for hydroxylation is 2. The minimum absolute atomic E-state index is 0.816. The van der Waals surface area contributed by atoms with Gasteiger partial charge < -0.3 is 5.32 Å². The molecule has 1 nitrogen and oxygen atoms in total. The van der Waals surface area contributed by atoms with Gasteiger partial charge in [-0.15, -0.1) is 0 Å². The number of hydrogen-bond acceptors (Lipinski definition) is 1. The Kier molecular flexibility index (Phi) is 2.96. The molecule has 1 aromatic carbocycles. The molecule has 0 heterocycles. The van der Waals surface area contributed by atoms with Crippen LogP contribution in [0.3, 0.4) is 0 Å². The molecule has 2 saturated carbocycles. The summed E-state index contributed by atoms with van der Waals surface area (Å²) < 4.78 is 0. The standard InChI is InChI=1S/C16H23N/c1-11-3-4-13(9-12(11)2)10-17-16(14-5-6-14)15-7-8-15/h3-4,9,14-17H,5-8,10H2,1-2H3. The van der Waals surface area contributed by atoms with E-state index in [9.17, 15) is 0 Å². The van der Waals surface area contributed by atoms with E-state index in [0.717, 1.165) is 24.4 Å². The minimum Gasteiger partial charge on any atom is -0.309 e. The quantitative estimate of drug-likeness (QED) is 0.813. The van der Waals surface area contributed by atoms with E-state index in [-0.39, 0.29) is 0 Å². The van der Waals surface area contributed by atoms with E-state index in [4.69, 9.17) is 0 Å². The average molecular weight is 229 g/mol. The van der Waals surface area contributed by atoms with Crippen LogP contribution in [0.15, 0.2) is 18.2 Å². The first kappa shape index (κ1) is 11.3. The van der Waals surface area contributed by atoms with Crippen LogP contribution in [0.1, 0.15) is 42.4 Å². The van der Waals surface area contributed by atoms with Crippen molar-refractivity contribution in [3.8, 4) is 0 Å². The van der Waals surface area contributed by atoms with E-state index >= 15 is 0 Å². The molecule has 0 aromatic heterocycles. The molecular weight excluding hydrogens is 206 g/mol. The van der Waals surface area contributed by atoms with Gasteiger partial charge in [-0.3, -0.25) is 0 Å². The Morgan fingerprint density at radius 3 is 2.24 bits per heavy atom. The van der Waals surface area contributed by atoms with Crippen molar-refractivity contribution in [2.75, 3.05) is 0 Å². The van der Waals surface area contributed by atoms with Gasteiger partial charge in [0.05, 0.1) is 0 Å². The highest BCUT2D eigenvalue weighted by molar-refractivity contribution is 5.29. The van der Waals surface area contributed by atoms with Crippen molar-refractivity contribution in [2.24, 2.45) is 11.8 Å². The van der Waals surface area contributed by atoms with Gasteiger partial charge >= 0.3 is 0 Å². The third kappa shape index (κ3) is 2.71. The van der Waals surface area contributed by atoms with Gasteiger partial charge in [0.15, 0.2) is 0 Å². The smallest absolute Gasteiger partial charge is 0.0208 e. The molecule has 0 spiro atoms. The van der Waals surface area contributed by atoms with Crippen molar-refractivity contribution in [3.05, 3.63) is 34.9 Å². The summed E-state index contributed by atoms with van der Waals surface area (Å²) in [5, 5.41) is 3.81. The molecule has 17 heavy (non-hydrogen) atoms. The zero-order valence-corrected chi connectivity index (χ0v) is 11.0. The topological polar surface area (TPSA) is 12.0 Å². The van der Waals surface area contributed by atoms with Crippen molar-refractivity contribution in [2.45, 2.75) is 52.1 Å². The number of rotatable bonds is 5. The summed E-state index contributed by atoms with van der Waals surface area (Å²) in [7, 11) is 0. The summed E-state index contributed by atoms with van der Waals surface area (Å²) in [6, 6.07) is 7.66. The van der Waals surface area contributed by atoms with Gasteiger partial charge in [0.25, 0.3) is 0 Å². The molecule has 2 fully saturated rings. The molecule has 0 bridgehead atoms. The van der Waals surface area contributed by atoms with Gasteiger partial charge in [-0.2, -0.15) is 0 Å². The van der Waals surface area contributed by atoms with E-state index in [2.05, 4.69) is 37.4 Å². The lowest BCUT2D eigenvalue weighted by Crippen LogP contribution is -2.32. The minimum atomic E-state index is 0.816. The van der Waals surface area contributed by atoms with Crippen molar-refractivity contribution in [1.29, 1.82) is 0 Å². The molecule has 0 radical (unpaired) electrons. The molecule has 0 unspecified atom stereocenters. The zero-order valence-electron chi connectivity index (χ0n) is 11.0. The molecule has 3 rings (SSSR count). The van der Waals surface area contributed by atoms with Crippen molar-refractivity contribution in [1.82, 2.24) is 5.32 Å². The molecule has 2 aliphatic carbocycles. The maximum Gasteiger partial charge on any atom is 0.0208 e. The van der Waals surface area contributed by atoms with Crippen molar-refractivity contribution < 1.29 is 0 Å². The van der Waals surface area contributed by atoms with Crippen LogP contribution in [0.25, 0.3) is 0 Å². The fraction of sp³-hybridized carbons (Fsp3) is 0.625. The van der Waals surface area contributed by atoms with E-state index in [1.54, 1.807) is 0 Å². The van der Waals surface area contributed by atoms with Crippen LogP contribution in [0.5, 0.6) is 0 Å². The number of benzene rings is 1. The normalized spacial score (nSPS) is 19.9. The maximum atomic E-state index is 3.81. The van der Waals surface area contributed by atoms with Gasteiger partial charge in [0, 0.05) is 12.6 Å². The summed E-state index contributed by atoms with van der Waals surface area (Å²) >= 11 is 0. The Bertz CT molecular complexity index is 390. The van der Waals surface area contributed by atoms with E-state index in [1.165, 1.54) is 42.4 Å². The van der Waals surface area contributed by atoms with Gasteiger partial charge in [0.1, 0.15) is 0 Å². The highest BCUT2D eigenvalue weighted by atomic mass is 14.9. The second-order valence-corrected chi connectivity index (χ2v) is 6.00. The largest absolute Gasteiger partial charge is 0.309 e. The van der Waals surface area contributed by atoms with Crippen LogP contribution in [0.4, 0.5) is 0 Å². The number of hydrogen-bond donors (Lipinski definition) is 1.